The summed E-state index contributed by atoms with van der Waals surface area (Å²) in [6.07, 6.45) is 1.05. The molecule has 1 rings (SSSR count). The molecule has 200 valence electrons. The Morgan fingerprint density at radius 1 is 0.861 bits per heavy atom. The molecule has 0 bridgehead atoms. The highest BCUT2D eigenvalue weighted by Crippen LogP contribution is 2.06. The van der Waals surface area contributed by atoms with E-state index in [-0.39, 0.29) is 31.4 Å². The smallest absolute Gasteiger partial charge is 0.326 e. The van der Waals surface area contributed by atoms with Crippen LogP contribution >= 0.6 is 12.6 Å². The Morgan fingerprint density at radius 3 is 2.00 bits per heavy atom. The van der Waals surface area contributed by atoms with E-state index >= 15 is 0 Å². The number of unbranched alkanes of at least 4 members (excludes halogenated alkanes) is 1. The van der Waals surface area contributed by atoms with Crippen LogP contribution in [0, 0.1) is 0 Å². The first-order valence-corrected chi connectivity index (χ1v) is 12.2. The highest BCUT2D eigenvalue weighted by molar-refractivity contribution is 7.80. The Bertz CT molecular complexity index is 887. The summed E-state index contributed by atoms with van der Waals surface area (Å²) in [4.78, 5) is 61.0. The third kappa shape index (κ3) is 11.5. The number of carboxylic acids is 1. The lowest BCUT2D eigenvalue weighted by Crippen LogP contribution is -2.57. The molecule has 4 atom stereocenters. The van der Waals surface area contributed by atoms with Crippen molar-refractivity contribution < 1.29 is 29.1 Å². The summed E-state index contributed by atoms with van der Waals surface area (Å²) in [5.41, 5.74) is 17.4. The van der Waals surface area contributed by atoms with Crippen LogP contribution in [0.2, 0.25) is 0 Å². The first-order valence-electron chi connectivity index (χ1n) is 11.6. The average molecular weight is 525 g/mol. The summed E-state index contributed by atoms with van der Waals surface area (Å²) in [7, 11) is 0. The Kier molecular flexibility index (Phi) is 14.1. The average Bonchev–Trinajstić information content (AvgIpc) is 2.84. The zero-order valence-corrected chi connectivity index (χ0v) is 20.9. The quantitative estimate of drug-likeness (QED) is 0.0875. The summed E-state index contributed by atoms with van der Waals surface area (Å²) in [6, 6.07) is 4.57. The molecule has 10 N–H and O–H groups in total. The number of carbonyl (C=O) groups is 5. The van der Waals surface area contributed by atoms with Crippen LogP contribution in [0.4, 0.5) is 0 Å². The maximum Gasteiger partial charge on any atom is 0.326 e. The van der Waals surface area contributed by atoms with Crippen LogP contribution in [0.15, 0.2) is 30.3 Å². The van der Waals surface area contributed by atoms with Crippen LogP contribution < -0.4 is 33.2 Å². The Labute approximate surface area is 215 Å². The zero-order valence-electron chi connectivity index (χ0n) is 20.0. The van der Waals surface area contributed by atoms with E-state index in [0.29, 0.717) is 19.4 Å². The van der Waals surface area contributed by atoms with Crippen molar-refractivity contribution in [3.8, 4) is 0 Å². The number of carbonyl (C=O) groups excluding carboxylic acids is 4. The molecule has 36 heavy (non-hydrogen) atoms. The lowest BCUT2D eigenvalue weighted by molar-refractivity contribution is -0.142. The minimum absolute atomic E-state index is 0.101. The van der Waals surface area contributed by atoms with Gasteiger partial charge in [0.1, 0.15) is 18.1 Å². The molecule has 12 nitrogen and oxygen atoms in total. The fraction of sp³-hybridized carbons (Fsp3) is 0.522. The summed E-state index contributed by atoms with van der Waals surface area (Å²) in [5.74, 6) is -4.17. The van der Waals surface area contributed by atoms with Gasteiger partial charge in [0.05, 0.1) is 6.04 Å². The van der Waals surface area contributed by atoms with Crippen molar-refractivity contribution in [1.29, 1.82) is 0 Å². The van der Waals surface area contributed by atoms with Crippen LogP contribution in [0.1, 0.15) is 37.7 Å². The molecule has 0 aliphatic rings. The second kappa shape index (κ2) is 16.5. The molecule has 0 fully saturated rings. The number of primary amides is 1. The van der Waals surface area contributed by atoms with Gasteiger partial charge in [-0.15, -0.1) is 0 Å². The molecular weight excluding hydrogens is 488 g/mol. The van der Waals surface area contributed by atoms with Crippen LogP contribution in [0.25, 0.3) is 0 Å². The van der Waals surface area contributed by atoms with Crippen molar-refractivity contribution in [3.05, 3.63) is 35.9 Å². The molecule has 13 heteroatoms. The summed E-state index contributed by atoms with van der Waals surface area (Å²) < 4.78 is 0. The van der Waals surface area contributed by atoms with E-state index in [0.717, 1.165) is 5.56 Å². The van der Waals surface area contributed by atoms with Gasteiger partial charge in [-0.2, -0.15) is 12.6 Å². The van der Waals surface area contributed by atoms with Gasteiger partial charge in [0.2, 0.25) is 23.6 Å². The van der Waals surface area contributed by atoms with Gasteiger partial charge in [-0.05, 0) is 44.2 Å². The third-order valence-electron chi connectivity index (χ3n) is 5.32. The van der Waals surface area contributed by atoms with Gasteiger partial charge in [0.25, 0.3) is 0 Å². The fourth-order valence-corrected chi connectivity index (χ4v) is 3.54. The molecule has 0 aliphatic carbocycles. The van der Waals surface area contributed by atoms with Gasteiger partial charge >= 0.3 is 5.97 Å². The molecule has 4 unspecified atom stereocenters. The molecule has 0 aromatic heterocycles. The summed E-state index contributed by atoms with van der Waals surface area (Å²) >= 11 is 4.11. The predicted molar refractivity (Wildman–Crippen MR) is 137 cm³/mol. The maximum atomic E-state index is 12.8. The molecule has 1 aromatic carbocycles. The highest BCUT2D eigenvalue weighted by Gasteiger charge is 2.30. The number of thiol groups is 1. The Hall–Kier alpha value is -3.16. The van der Waals surface area contributed by atoms with Gasteiger partial charge in [-0.3, -0.25) is 19.2 Å². The molecule has 4 amide bonds. The second-order valence-corrected chi connectivity index (χ2v) is 8.66. The van der Waals surface area contributed by atoms with Gasteiger partial charge < -0.3 is 38.3 Å². The topological polar surface area (TPSA) is 220 Å². The molecule has 1 aromatic rings. The molecule has 0 radical (unpaired) electrons. The van der Waals surface area contributed by atoms with Gasteiger partial charge in [0, 0.05) is 12.2 Å². The van der Waals surface area contributed by atoms with Crippen LogP contribution in [-0.2, 0) is 30.4 Å². The van der Waals surface area contributed by atoms with Crippen LogP contribution in [0.5, 0.6) is 0 Å². The van der Waals surface area contributed by atoms with Crippen molar-refractivity contribution in [3.63, 3.8) is 0 Å². The Balaban J connectivity index is 2.84. The van der Waals surface area contributed by atoms with E-state index in [1.807, 2.05) is 30.3 Å². The van der Waals surface area contributed by atoms with Gasteiger partial charge in [-0.25, -0.2) is 4.79 Å². The first kappa shape index (κ1) is 30.9. The van der Waals surface area contributed by atoms with E-state index in [1.54, 1.807) is 0 Å². The van der Waals surface area contributed by atoms with Gasteiger partial charge in [0.15, 0.2) is 0 Å². The molecule has 0 spiro atoms. The number of aliphatic carboxylic acids is 1. The number of carboxylic acid groups (broad SMARTS) is 1. The molecule has 0 aliphatic heterocycles. The van der Waals surface area contributed by atoms with Gasteiger partial charge in [-0.1, -0.05) is 30.3 Å². The van der Waals surface area contributed by atoms with Crippen molar-refractivity contribution in [2.45, 2.75) is 62.7 Å². The predicted octanol–water partition coefficient (Wildman–Crippen LogP) is -1.58. The maximum absolute atomic E-state index is 12.8. The summed E-state index contributed by atoms with van der Waals surface area (Å²) in [5, 5.41) is 16.7. The van der Waals surface area contributed by atoms with Crippen LogP contribution in [-0.4, -0.2) is 71.2 Å². The number of rotatable bonds is 17. The minimum Gasteiger partial charge on any atom is -0.480 e. The highest BCUT2D eigenvalue weighted by atomic mass is 32.1. The summed E-state index contributed by atoms with van der Waals surface area (Å²) in [6.45, 7) is 0.378. The Morgan fingerprint density at radius 2 is 1.44 bits per heavy atom. The minimum atomic E-state index is -1.27. The molecular formula is C23H36N6O6S. The SMILES string of the molecule is NCCCCC(NC(=O)C(CCC(N)=O)NC(=O)C(CS)NC(=O)C(N)Cc1ccccc1)C(=O)O. The first-order chi connectivity index (χ1) is 17.1. The standard InChI is InChI=1S/C23H36N6O6S/c24-11-5-4-8-17(23(34)35)28-21(32)16(9-10-19(26)30)27-22(33)18(13-36)29-20(31)15(25)12-14-6-2-1-3-7-14/h1-3,6-7,15-18,36H,4-5,8-13,24-25H2,(H2,26,30)(H,27,33)(H,28,32)(H,29,31)(H,34,35). The van der Waals surface area contributed by atoms with Crippen LogP contribution in [0.3, 0.4) is 0 Å². The third-order valence-corrected chi connectivity index (χ3v) is 5.69. The van der Waals surface area contributed by atoms with Crippen molar-refractivity contribution in [2.24, 2.45) is 17.2 Å². The number of hydrogen-bond acceptors (Lipinski definition) is 8. The molecule has 0 saturated heterocycles. The largest absolute Gasteiger partial charge is 0.480 e. The second-order valence-electron chi connectivity index (χ2n) is 8.29. The molecule has 0 saturated carbocycles. The van der Waals surface area contributed by atoms with Crippen molar-refractivity contribution in [2.75, 3.05) is 12.3 Å². The van der Waals surface area contributed by atoms with E-state index < -0.39 is 53.8 Å². The number of hydrogen-bond donors (Lipinski definition) is 8. The number of amides is 4. The van der Waals surface area contributed by atoms with E-state index in [1.165, 1.54) is 0 Å². The number of nitrogens with two attached hydrogens (primary N) is 3. The zero-order chi connectivity index (χ0) is 27.1. The number of benzene rings is 1. The normalized spacial score (nSPS) is 14.1. The molecule has 0 heterocycles. The lowest BCUT2D eigenvalue weighted by Gasteiger charge is -2.24. The fourth-order valence-electron chi connectivity index (χ4n) is 3.28. The van der Waals surface area contributed by atoms with Crippen molar-refractivity contribution >= 4 is 42.2 Å². The number of nitrogens with one attached hydrogen (secondary N) is 3. The van der Waals surface area contributed by atoms with E-state index in [9.17, 15) is 29.1 Å². The van der Waals surface area contributed by atoms with E-state index in [4.69, 9.17) is 17.2 Å². The van der Waals surface area contributed by atoms with E-state index in [2.05, 4.69) is 28.6 Å². The lowest BCUT2D eigenvalue weighted by atomic mass is 10.1. The van der Waals surface area contributed by atoms with Crippen molar-refractivity contribution in [1.82, 2.24) is 16.0 Å². The monoisotopic (exact) mass is 524 g/mol.